The molecule has 19 heavy (non-hydrogen) atoms. The fourth-order valence-electron chi connectivity index (χ4n) is 1.65. The average molecular weight is 272 g/mol. The normalized spacial score (nSPS) is 10.4. The van der Waals surface area contributed by atoms with Crippen LogP contribution in [0, 0.1) is 29.6 Å². The van der Waals surface area contributed by atoms with Crippen LogP contribution in [0.25, 0.3) is 0 Å². The Hall–Kier alpha value is -2.25. The summed E-state index contributed by atoms with van der Waals surface area (Å²) >= 11 is 1.52. The zero-order valence-electron chi connectivity index (χ0n) is 10.9. The summed E-state index contributed by atoms with van der Waals surface area (Å²) in [5.41, 5.74) is 0.440. The highest BCUT2D eigenvalue weighted by Gasteiger charge is 2.16. The van der Waals surface area contributed by atoms with Crippen LogP contribution in [0.4, 0.5) is 0 Å². The first-order valence-electron chi connectivity index (χ1n) is 5.76. The predicted octanol–water partition coefficient (Wildman–Crippen LogP) is 1.96. The van der Waals surface area contributed by atoms with Gasteiger partial charge in [0.05, 0.1) is 6.54 Å². The summed E-state index contributed by atoms with van der Waals surface area (Å²) in [4.78, 5) is 4.07. The van der Waals surface area contributed by atoms with Crippen LogP contribution in [-0.4, -0.2) is 19.7 Å². The molecule has 0 aliphatic heterocycles. The molecule has 0 aliphatic carbocycles. The van der Waals surface area contributed by atoms with Crippen LogP contribution in [0.5, 0.6) is 0 Å². The van der Waals surface area contributed by atoms with E-state index in [-0.39, 0.29) is 11.4 Å². The van der Waals surface area contributed by atoms with Crippen molar-refractivity contribution in [2.45, 2.75) is 33.2 Å². The SMILES string of the molecule is Cc1nc(C#N)c(C#N)n1Cc1nnc(C(C)C)s1. The number of imidazole rings is 1. The van der Waals surface area contributed by atoms with Gasteiger partial charge in [0.15, 0.2) is 11.4 Å². The standard InChI is InChI=1S/C12H12N6S/c1-7(2)12-17-16-11(19-12)6-18-8(3)15-9(4-13)10(18)5-14/h7H,6H2,1-3H3. The third kappa shape index (κ3) is 2.47. The van der Waals surface area contributed by atoms with E-state index >= 15 is 0 Å². The van der Waals surface area contributed by atoms with E-state index in [0.717, 1.165) is 10.0 Å². The monoisotopic (exact) mass is 272 g/mol. The summed E-state index contributed by atoms with van der Waals surface area (Å²) in [7, 11) is 0. The minimum atomic E-state index is 0.161. The maximum Gasteiger partial charge on any atom is 0.177 e. The second kappa shape index (κ2) is 5.17. The van der Waals surface area contributed by atoms with Gasteiger partial charge in [-0.1, -0.05) is 25.2 Å². The topological polar surface area (TPSA) is 91.2 Å². The third-order valence-corrected chi connectivity index (χ3v) is 3.85. The van der Waals surface area contributed by atoms with Gasteiger partial charge >= 0.3 is 0 Å². The molecule has 0 N–H and O–H groups in total. The van der Waals surface area contributed by atoms with Crippen LogP contribution in [0.3, 0.4) is 0 Å². The molecule has 0 aliphatic rings. The number of aromatic nitrogens is 4. The van der Waals surface area contributed by atoms with E-state index in [1.807, 2.05) is 12.1 Å². The third-order valence-electron chi connectivity index (χ3n) is 2.64. The van der Waals surface area contributed by atoms with Crippen molar-refractivity contribution in [3.8, 4) is 12.1 Å². The number of aryl methyl sites for hydroxylation is 1. The molecule has 2 rings (SSSR count). The Morgan fingerprint density at radius 2 is 2.00 bits per heavy atom. The van der Waals surface area contributed by atoms with Gasteiger partial charge in [-0.05, 0) is 6.92 Å². The number of nitrogens with zero attached hydrogens (tertiary/aromatic N) is 6. The van der Waals surface area contributed by atoms with Crippen LogP contribution >= 0.6 is 11.3 Å². The molecule has 0 unspecified atom stereocenters. The first kappa shape index (κ1) is 13.2. The summed E-state index contributed by atoms with van der Waals surface area (Å²) in [6, 6.07) is 3.95. The first-order valence-corrected chi connectivity index (χ1v) is 6.58. The largest absolute Gasteiger partial charge is 0.312 e. The second-order valence-corrected chi connectivity index (χ2v) is 5.45. The number of hydrogen-bond donors (Lipinski definition) is 0. The van der Waals surface area contributed by atoms with Crippen molar-refractivity contribution in [2.75, 3.05) is 0 Å². The molecule has 0 spiro atoms. The van der Waals surface area contributed by atoms with E-state index in [1.165, 1.54) is 11.3 Å². The number of rotatable bonds is 3. The zero-order valence-corrected chi connectivity index (χ0v) is 11.7. The summed E-state index contributed by atoms with van der Waals surface area (Å²) in [5, 5.41) is 28.0. The summed E-state index contributed by atoms with van der Waals surface area (Å²) in [6.45, 7) is 6.31. The molecule has 96 valence electrons. The van der Waals surface area contributed by atoms with E-state index < -0.39 is 0 Å². The smallest absolute Gasteiger partial charge is 0.177 e. The molecule has 0 saturated heterocycles. The molecule has 2 aromatic rings. The molecule has 0 atom stereocenters. The Bertz CT molecular complexity index is 682. The quantitative estimate of drug-likeness (QED) is 0.851. The lowest BCUT2D eigenvalue weighted by atomic mass is 10.2. The molecule has 2 aromatic heterocycles. The van der Waals surface area contributed by atoms with Crippen molar-refractivity contribution in [3.63, 3.8) is 0 Å². The Labute approximate surface area is 115 Å². The molecule has 0 saturated carbocycles. The van der Waals surface area contributed by atoms with E-state index in [2.05, 4.69) is 29.0 Å². The summed E-state index contributed by atoms with van der Waals surface area (Å²) in [6.07, 6.45) is 0. The van der Waals surface area contributed by atoms with Crippen LogP contribution in [0.2, 0.25) is 0 Å². The maximum absolute atomic E-state index is 9.12. The van der Waals surface area contributed by atoms with E-state index in [4.69, 9.17) is 10.5 Å². The molecule has 0 radical (unpaired) electrons. The van der Waals surface area contributed by atoms with Crippen LogP contribution < -0.4 is 0 Å². The average Bonchev–Trinajstić information content (AvgIpc) is 2.95. The maximum atomic E-state index is 9.12. The Kier molecular flexibility index (Phi) is 3.59. The van der Waals surface area contributed by atoms with Crippen molar-refractivity contribution in [3.05, 3.63) is 27.2 Å². The molecular formula is C12H12N6S. The van der Waals surface area contributed by atoms with Gasteiger partial charge in [0, 0.05) is 5.92 Å². The highest BCUT2D eigenvalue weighted by atomic mass is 32.1. The van der Waals surface area contributed by atoms with Gasteiger partial charge < -0.3 is 4.57 Å². The molecular weight excluding hydrogens is 260 g/mol. The Morgan fingerprint density at radius 1 is 1.26 bits per heavy atom. The van der Waals surface area contributed by atoms with Gasteiger partial charge in [-0.3, -0.25) is 0 Å². The van der Waals surface area contributed by atoms with Gasteiger partial charge in [-0.15, -0.1) is 10.2 Å². The molecule has 7 heteroatoms. The van der Waals surface area contributed by atoms with Crippen molar-refractivity contribution in [1.82, 2.24) is 19.7 Å². The number of hydrogen-bond acceptors (Lipinski definition) is 6. The Morgan fingerprint density at radius 3 is 2.53 bits per heavy atom. The van der Waals surface area contributed by atoms with Gasteiger partial charge in [0.2, 0.25) is 0 Å². The lowest BCUT2D eigenvalue weighted by Gasteiger charge is -2.02. The molecule has 0 fully saturated rings. The summed E-state index contributed by atoms with van der Waals surface area (Å²) < 4.78 is 1.70. The fraction of sp³-hybridized carbons (Fsp3) is 0.417. The molecule has 6 nitrogen and oxygen atoms in total. The molecule has 0 aromatic carbocycles. The fourth-order valence-corrected chi connectivity index (χ4v) is 2.48. The highest BCUT2D eigenvalue weighted by molar-refractivity contribution is 7.11. The number of nitriles is 2. The van der Waals surface area contributed by atoms with Gasteiger partial charge in [0.1, 0.15) is 28.0 Å². The van der Waals surface area contributed by atoms with Crippen LogP contribution in [-0.2, 0) is 6.54 Å². The lowest BCUT2D eigenvalue weighted by Crippen LogP contribution is -2.04. The lowest BCUT2D eigenvalue weighted by molar-refractivity contribution is 0.732. The molecule has 0 amide bonds. The predicted molar refractivity (Wildman–Crippen MR) is 69.5 cm³/mol. The van der Waals surface area contributed by atoms with Gasteiger partial charge in [0.25, 0.3) is 0 Å². The summed E-state index contributed by atoms with van der Waals surface area (Å²) in [5.74, 6) is 0.967. The van der Waals surface area contributed by atoms with Gasteiger partial charge in [-0.25, -0.2) is 4.98 Å². The minimum absolute atomic E-state index is 0.161. The zero-order chi connectivity index (χ0) is 14.0. The molecule has 0 bridgehead atoms. The van der Waals surface area contributed by atoms with Crippen LogP contribution in [0.15, 0.2) is 0 Å². The molecule has 2 heterocycles. The van der Waals surface area contributed by atoms with E-state index in [9.17, 15) is 0 Å². The van der Waals surface area contributed by atoms with Crippen molar-refractivity contribution in [2.24, 2.45) is 0 Å². The second-order valence-electron chi connectivity index (χ2n) is 4.35. The van der Waals surface area contributed by atoms with Gasteiger partial charge in [-0.2, -0.15) is 10.5 Å². The first-order chi connectivity index (χ1) is 9.06. The van der Waals surface area contributed by atoms with Crippen molar-refractivity contribution in [1.29, 1.82) is 10.5 Å². The minimum Gasteiger partial charge on any atom is -0.312 e. The van der Waals surface area contributed by atoms with E-state index in [1.54, 1.807) is 11.5 Å². The van der Waals surface area contributed by atoms with Crippen molar-refractivity contribution < 1.29 is 0 Å². The van der Waals surface area contributed by atoms with Crippen molar-refractivity contribution >= 4 is 11.3 Å². The highest BCUT2D eigenvalue weighted by Crippen LogP contribution is 2.21. The van der Waals surface area contributed by atoms with E-state index in [0.29, 0.717) is 18.3 Å². The van der Waals surface area contributed by atoms with Crippen LogP contribution in [0.1, 0.15) is 47.0 Å². The Balaban J connectivity index is 2.36.